The van der Waals surface area contributed by atoms with Gasteiger partial charge < -0.3 is 19.5 Å². The van der Waals surface area contributed by atoms with Gasteiger partial charge in [-0.15, -0.1) is 11.3 Å². The summed E-state index contributed by atoms with van der Waals surface area (Å²) in [5.41, 5.74) is 1.63. The van der Waals surface area contributed by atoms with E-state index in [1.165, 1.54) is 11.3 Å². The summed E-state index contributed by atoms with van der Waals surface area (Å²) in [6, 6.07) is 8.21. The van der Waals surface area contributed by atoms with Crippen molar-refractivity contribution in [3.8, 4) is 11.8 Å². The van der Waals surface area contributed by atoms with Gasteiger partial charge in [-0.2, -0.15) is 5.26 Å². The number of nitrogens with zero attached hydrogens (tertiary/aromatic N) is 1. The SMILES string of the molecule is CCOC(=O)c1c(NC(=O)COC(=O)COc2ccc(C#N)cc2)sc(C)c1CC. The molecule has 0 spiro atoms. The Balaban J connectivity index is 1.90. The molecule has 0 fully saturated rings. The van der Waals surface area contributed by atoms with E-state index in [2.05, 4.69) is 5.32 Å². The molecular formula is C21H22N2O6S. The number of benzene rings is 1. The highest BCUT2D eigenvalue weighted by atomic mass is 32.1. The van der Waals surface area contributed by atoms with Crippen LogP contribution < -0.4 is 10.1 Å². The molecule has 0 aliphatic heterocycles. The van der Waals surface area contributed by atoms with Crippen LogP contribution in [0.15, 0.2) is 24.3 Å². The third kappa shape index (κ3) is 6.06. The van der Waals surface area contributed by atoms with E-state index in [0.29, 0.717) is 28.3 Å². The number of esters is 2. The van der Waals surface area contributed by atoms with Crippen LogP contribution in [0.25, 0.3) is 0 Å². The van der Waals surface area contributed by atoms with E-state index < -0.39 is 24.5 Å². The van der Waals surface area contributed by atoms with Crippen molar-refractivity contribution in [2.45, 2.75) is 27.2 Å². The molecule has 0 bridgehead atoms. The zero-order valence-electron chi connectivity index (χ0n) is 16.9. The molecule has 0 unspecified atom stereocenters. The molecule has 0 atom stereocenters. The lowest BCUT2D eigenvalue weighted by atomic mass is 10.1. The van der Waals surface area contributed by atoms with Crippen molar-refractivity contribution in [3.05, 3.63) is 45.8 Å². The van der Waals surface area contributed by atoms with E-state index in [1.807, 2.05) is 19.9 Å². The molecule has 0 aliphatic rings. The Kier molecular flexibility index (Phi) is 8.38. The molecule has 8 nitrogen and oxygen atoms in total. The maximum absolute atomic E-state index is 12.3. The van der Waals surface area contributed by atoms with Crippen LogP contribution in [0.4, 0.5) is 5.00 Å². The van der Waals surface area contributed by atoms with Crippen LogP contribution in [0.1, 0.15) is 40.2 Å². The highest BCUT2D eigenvalue weighted by Crippen LogP contribution is 2.34. The molecule has 1 amide bonds. The summed E-state index contributed by atoms with van der Waals surface area (Å²) in [5.74, 6) is -1.40. The Hall–Kier alpha value is -3.38. The largest absolute Gasteiger partial charge is 0.482 e. The van der Waals surface area contributed by atoms with Gasteiger partial charge in [0.1, 0.15) is 10.8 Å². The number of hydrogen-bond donors (Lipinski definition) is 1. The lowest BCUT2D eigenvalue weighted by Gasteiger charge is -2.09. The zero-order valence-corrected chi connectivity index (χ0v) is 17.8. The fourth-order valence-electron chi connectivity index (χ4n) is 2.63. The van der Waals surface area contributed by atoms with Gasteiger partial charge in [0, 0.05) is 4.88 Å². The molecule has 0 radical (unpaired) electrons. The van der Waals surface area contributed by atoms with Crippen molar-refractivity contribution in [2.75, 3.05) is 25.1 Å². The van der Waals surface area contributed by atoms with Crippen LogP contribution in [0.3, 0.4) is 0 Å². The minimum absolute atomic E-state index is 0.223. The Labute approximate surface area is 178 Å². The minimum atomic E-state index is -0.725. The van der Waals surface area contributed by atoms with Gasteiger partial charge in [-0.3, -0.25) is 4.79 Å². The first kappa shape index (κ1) is 22.9. The summed E-state index contributed by atoms with van der Waals surface area (Å²) in [6.07, 6.45) is 0.619. The molecule has 1 aromatic carbocycles. The molecule has 158 valence electrons. The van der Waals surface area contributed by atoms with Gasteiger partial charge in [0.2, 0.25) is 0 Å². The molecule has 1 aromatic heterocycles. The van der Waals surface area contributed by atoms with Gasteiger partial charge in [-0.1, -0.05) is 6.92 Å². The summed E-state index contributed by atoms with van der Waals surface area (Å²) >= 11 is 1.27. The van der Waals surface area contributed by atoms with Crippen LogP contribution >= 0.6 is 11.3 Å². The lowest BCUT2D eigenvalue weighted by molar-refractivity contribution is -0.149. The maximum Gasteiger partial charge on any atom is 0.344 e. The predicted molar refractivity (Wildman–Crippen MR) is 111 cm³/mol. The van der Waals surface area contributed by atoms with Gasteiger partial charge in [0.05, 0.1) is 23.8 Å². The third-order valence-corrected chi connectivity index (χ3v) is 5.06. The molecule has 9 heteroatoms. The molecule has 2 rings (SSSR count). The number of nitrogens with one attached hydrogen (secondary N) is 1. The van der Waals surface area contributed by atoms with E-state index in [4.69, 9.17) is 19.5 Å². The minimum Gasteiger partial charge on any atom is -0.482 e. The molecule has 30 heavy (non-hydrogen) atoms. The number of hydrogen-bond acceptors (Lipinski definition) is 8. The number of ether oxygens (including phenoxy) is 3. The fourth-order valence-corrected chi connectivity index (χ4v) is 3.78. The number of aryl methyl sites for hydroxylation is 1. The molecule has 1 N–H and O–H groups in total. The molecule has 0 saturated heterocycles. The summed E-state index contributed by atoms with van der Waals surface area (Å²) in [7, 11) is 0. The summed E-state index contributed by atoms with van der Waals surface area (Å²) in [4.78, 5) is 37.2. The number of carbonyl (C=O) groups excluding carboxylic acids is 3. The second-order valence-electron chi connectivity index (χ2n) is 6.05. The molecule has 1 heterocycles. The van der Waals surface area contributed by atoms with Crippen molar-refractivity contribution in [1.82, 2.24) is 0 Å². The number of carbonyl (C=O) groups is 3. The Morgan fingerprint density at radius 2 is 1.80 bits per heavy atom. The van der Waals surface area contributed by atoms with Crippen LogP contribution in [-0.2, 0) is 25.5 Å². The molecular weight excluding hydrogens is 408 g/mol. The smallest absolute Gasteiger partial charge is 0.344 e. The molecule has 0 saturated carbocycles. The van der Waals surface area contributed by atoms with E-state index in [0.717, 1.165) is 10.4 Å². The number of amides is 1. The average molecular weight is 430 g/mol. The zero-order chi connectivity index (χ0) is 22.1. The summed E-state index contributed by atoms with van der Waals surface area (Å²) in [5, 5.41) is 11.7. The van der Waals surface area contributed by atoms with E-state index in [-0.39, 0.29) is 13.2 Å². The Morgan fingerprint density at radius 1 is 1.10 bits per heavy atom. The van der Waals surface area contributed by atoms with E-state index in [1.54, 1.807) is 31.2 Å². The number of nitriles is 1. The summed E-state index contributed by atoms with van der Waals surface area (Å²) < 4.78 is 15.3. The van der Waals surface area contributed by atoms with Crippen LogP contribution in [0, 0.1) is 18.3 Å². The highest BCUT2D eigenvalue weighted by molar-refractivity contribution is 7.16. The first-order chi connectivity index (χ1) is 14.4. The van der Waals surface area contributed by atoms with Crippen molar-refractivity contribution in [1.29, 1.82) is 5.26 Å². The quantitative estimate of drug-likeness (QED) is 0.607. The number of rotatable bonds is 9. The predicted octanol–water partition coefficient (Wildman–Crippen LogP) is 3.23. The second-order valence-corrected chi connectivity index (χ2v) is 7.27. The topological polar surface area (TPSA) is 115 Å². The summed E-state index contributed by atoms with van der Waals surface area (Å²) in [6.45, 7) is 4.81. The Bertz CT molecular complexity index is 959. The van der Waals surface area contributed by atoms with Gasteiger partial charge in [0.15, 0.2) is 13.2 Å². The molecule has 0 aliphatic carbocycles. The van der Waals surface area contributed by atoms with Crippen molar-refractivity contribution >= 4 is 34.2 Å². The monoisotopic (exact) mass is 430 g/mol. The van der Waals surface area contributed by atoms with Crippen molar-refractivity contribution in [3.63, 3.8) is 0 Å². The Morgan fingerprint density at radius 3 is 2.40 bits per heavy atom. The second kappa shape index (κ2) is 11.0. The number of thiophene rings is 1. The van der Waals surface area contributed by atoms with E-state index in [9.17, 15) is 14.4 Å². The van der Waals surface area contributed by atoms with E-state index >= 15 is 0 Å². The van der Waals surface area contributed by atoms with Crippen LogP contribution in [0.2, 0.25) is 0 Å². The fraction of sp³-hybridized carbons (Fsp3) is 0.333. The van der Waals surface area contributed by atoms with Crippen LogP contribution in [-0.4, -0.2) is 37.7 Å². The number of anilines is 1. The lowest BCUT2D eigenvalue weighted by Crippen LogP contribution is -2.24. The van der Waals surface area contributed by atoms with Gasteiger partial charge in [-0.05, 0) is 50.1 Å². The van der Waals surface area contributed by atoms with Crippen molar-refractivity contribution in [2.24, 2.45) is 0 Å². The van der Waals surface area contributed by atoms with Gasteiger partial charge >= 0.3 is 11.9 Å². The maximum atomic E-state index is 12.3. The standard InChI is InChI=1S/C21H22N2O6S/c1-4-16-13(3)30-20(19(16)21(26)27-5-2)23-17(24)11-29-18(25)12-28-15-8-6-14(10-22)7-9-15/h6-9H,4-5,11-12H2,1-3H3,(H,23,24). The average Bonchev–Trinajstić information content (AvgIpc) is 3.05. The molecule has 2 aromatic rings. The van der Waals surface area contributed by atoms with Crippen molar-refractivity contribution < 1.29 is 28.6 Å². The normalized spacial score (nSPS) is 10.1. The van der Waals surface area contributed by atoms with Gasteiger partial charge in [0.25, 0.3) is 5.91 Å². The third-order valence-electron chi connectivity index (χ3n) is 4.00. The first-order valence-corrected chi connectivity index (χ1v) is 10.1. The highest BCUT2D eigenvalue weighted by Gasteiger charge is 2.23. The first-order valence-electron chi connectivity index (χ1n) is 9.27. The van der Waals surface area contributed by atoms with Crippen LogP contribution in [0.5, 0.6) is 5.75 Å². The van der Waals surface area contributed by atoms with Gasteiger partial charge in [-0.25, -0.2) is 9.59 Å².